The summed E-state index contributed by atoms with van der Waals surface area (Å²) >= 11 is 0. The minimum absolute atomic E-state index is 0.00898. The Bertz CT molecular complexity index is 1340. The van der Waals surface area contributed by atoms with Crippen LogP contribution in [0.3, 0.4) is 0 Å². The quantitative estimate of drug-likeness (QED) is 0.522. The number of fused-ring (bicyclic) bond motifs is 1. The highest BCUT2D eigenvalue weighted by Gasteiger charge is 2.26. The summed E-state index contributed by atoms with van der Waals surface area (Å²) in [5.41, 5.74) is 1.77. The molecule has 0 aliphatic carbocycles. The van der Waals surface area contributed by atoms with Gasteiger partial charge >= 0.3 is 6.03 Å². The van der Waals surface area contributed by atoms with Crippen LogP contribution in [0, 0.1) is 11.6 Å². The van der Waals surface area contributed by atoms with Crippen LogP contribution in [0.25, 0.3) is 11.3 Å². The maximum Gasteiger partial charge on any atom is 0.319 e. The number of hydrogen-bond acceptors (Lipinski definition) is 8. The molecule has 2 aliphatic rings. The molecule has 1 aromatic carbocycles. The van der Waals surface area contributed by atoms with E-state index in [0.717, 1.165) is 11.9 Å². The van der Waals surface area contributed by atoms with Gasteiger partial charge in [-0.1, -0.05) is 0 Å². The maximum absolute atomic E-state index is 15.0. The number of carbonyl (C=O) groups excluding carboxylic acids is 1. The van der Waals surface area contributed by atoms with Crippen LogP contribution in [-0.4, -0.2) is 90.3 Å². The van der Waals surface area contributed by atoms with Gasteiger partial charge in [0.05, 0.1) is 30.3 Å². The number of urea groups is 1. The maximum atomic E-state index is 15.0. The summed E-state index contributed by atoms with van der Waals surface area (Å²) in [6, 6.07) is 6.77. The molecule has 5 rings (SSSR count). The van der Waals surface area contributed by atoms with Crippen molar-refractivity contribution in [3.05, 3.63) is 48.3 Å². The Morgan fingerprint density at radius 2 is 1.79 bits per heavy atom. The van der Waals surface area contributed by atoms with E-state index < -0.39 is 11.6 Å². The summed E-state index contributed by atoms with van der Waals surface area (Å²) in [4.78, 5) is 32.6. The van der Waals surface area contributed by atoms with Crippen molar-refractivity contribution in [2.75, 3.05) is 68.5 Å². The zero-order valence-corrected chi connectivity index (χ0v) is 22.5. The fraction of sp³-hybridized carbons (Fsp3) is 0.407. The number of pyridine rings is 1. The molecular weight excluding hydrogens is 506 g/mol. The molecule has 206 valence electrons. The zero-order valence-electron chi connectivity index (χ0n) is 22.5. The van der Waals surface area contributed by atoms with Gasteiger partial charge in [-0.3, -0.25) is 0 Å². The zero-order chi connectivity index (χ0) is 27.7. The number of hydrogen-bond donors (Lipinski definition) is 1. The summed E-state index contributed by atoms with van der Waals surface area (Å²) in [7, 11) is 3.50. The molecule has 2 aromatic heterocycles. The van der Waals surface area contributed by atoms with Gasteiger partial charge < -0.3 is 29.7 Å². The van der Waals surface area contributed by atoms with Crippen molar-refractivity contribution in [3.63, 3.8) is 0 Å². The largest absolute Gasteiger partial charge is 0.486 e. The monoisotopic (exact) mass is 538 g/mol. The molecule has 4 heterocycles. The molecule has 39 heavy (non-hydrogen) atoms. The molecule has 0 bridgehead atoms. The molecule has 3 aromatic rings. The molecule has 10 nitrogen and oxygen atoms in total. The molecule has 0 saturated carbocycles. The fourth-order valence-corrected chi connectivity index (χ4v) is 4.80. The van der Waals surface area contributed by atoms with E-state index in [1.54, 1.807) is 37.3 Å². The Morgan fingerprint density at radius 3 is 2.46 bits per heavy atom. The van der Waals surface area contributed by atoms with Crippen LogP contribution in [0.4, 0.5) is 36.7 Å². The first kappa shape index (κ1) is 26.4. The molecule has 1 saturated heterocycles. The number of halogens is 2. The lowest BCUT2D eigenvalue weighted by Gasteiger charge is -2.37. The van der Waals surface area contributed by atoms with E-state index in [-0.39, 0.29) is 29.5 Å². The first-order valence-electron chi connectivity index (χ1n) is 12.9. The van der Waals surface area contributed by atoms with Gasteiger partial charge in [-0.15, -0.1) is 0 Å². The summed E-state index contributed by atoms with van der Waals surface area (Å²) in [5.74, 6) is -0.444. The van der Waals surface area contributed by atoms with E-state index in [4.69, 9.17) is 4.74 Å². The number of nitrogens with zero attached hydrogens (tertiary/aromatic N) is 7. The van der Waals surface area contributed by atoms with Crippen LogP contribution in [0.2, 0.25) is 0 Å². The van der Waals surface area contributed by atoms with Crippen molar-refractivity contribution in [3.8, 4) is 17.0 Å². The Morgan fingerprint density at radius 1 is 1.03 bits per heavy atom. The standard InChI is InChI=1S/C27H32F2N8O2/c1-17(2)37-11-12-39-25-20(28)13-18(14-22(25)37)24-21(29)16-31-26(33-24)32-23-6-5-19(15-30-23)35-7-9-36(10-8-35)27(38)34(3)4/h5-6,13-17H,7-12H2,1-4H3,(H,30,31,32,33). The van der Waals surface area contributed by atoms with E-state index in [0.29, 0.717) is 56.4 Å². The van der Waals surface area contributed by atoms with E-state index >= 15 is 0 Å². The number of ether oxygens (including phenoxy) is 1. The number of amides is 2. The van der Waals surface area contributed by atoms with Crippen molar-refractivity contribution in [2.45, 2.75) is 19.9 Å². The lowest BCUT2D eigenvalue weighted by molar-refractivity contribution is 0.168. The molecule has 1 fully saturated rings. The smallest absolute Gasteiger partial charge is 0.319 e. The third kappa shape index (κ3) is 5.50. The second-order valence-corrected chi connectivity index (χ2v) is 10.0. The molecule has 0 unspecified atom stereocenters. The summed E-state index contributed by atoms with van der Waals surface area (Å²) in [6.07, 6.45) is 2.79. The Labute approximate surface area is 226 Å². The predicted octanol–water partition coefficient (Wildman–Crippen LogP) is 3.97. The van der Waals surface area contributed by atoms with Crippen molar-refractivity contribution in [1.82, 2.24) is 24.8 Å². The van der Waals surface area contributed by atoms with Crippen LogP contribution >= 0.6 is 0 Å². The molecule has 1 N–H and O–H groups in total. The average Bonchev–Trinajstić information content (AvgIpc) is 2.93. The lowest BCUT2D eigenvalue weighted by Crippen LogP contribution is -2.51. The van der Waals surface area contributed by atoms with E-state index in [2.05, 4.69) is 25.2 Å². The molecular formula is C27H32F2N8O2. The van der Waals surface area contributed by atoms with E-state index in [1.807, 2.05) is 29.7 Å². The second-order valence-electron chi connectivity index (χ2n) is 10.0. The van der Waals surface area contributed by atoms with Gasteiger partial charge in [0, 0.05) is 51.9 Å². The Hall–Kier alpha value is -4.22. The van der Waals surface area contributed by atoms with E-state index in [1.165, 1.54) is 6.07 Å². The van der Waals surface area contributed by atoms with Gasteiger partial charge in [0.1, 0.15) is 18.1 Å². The normalized spacial score (nSPS) is 15.2. The van der Waals surface area contributed by atoms with Crippen LogP contribution in [0.1, 0.15) is 13.8 Å². The summed E-state index contributed by atoms with van der Waals surface area (Å²) < 4.78 is 35.3. The third-order valence-corrected chi connectivity index (χ3v) is 6.84. The number of benzene rings is 1. The Balaban J connectivity index is 1.31. The summed E-state index contributed by atoms with van der Waals surface area (Å²) in [5, 5.41) is 3.00. The van der Waals surface area contributed by atoms with Gasteiger partial charge in [-0.05, 0) is 38.1 Å². The van der Waals surface area contributed by atoms with Crippen LogP contribution in [0.15, 0.2) is 36.7 Å². The molecule has 12 heteroatoms. The molecule has 0 radical (unpaired) electrons. The number of nitrogens with one attached hydrogen (secondary N) is 1. The van der Waals surface area contributed by atoms with Gasteiger partial charge in [0.25, 0.3) is 0 Å². The van der Waals surface area contributed by atoms with Crippen LogP contribution < -0.4 is 19.9 Å². The molecule has 2 aliphatic heterocycles. The third-order valence-electron chi connectivity index (χ3n) is 6.84. The van der Waals surface area contributed by atoms with E-state index in [9.17, 15) is 13.6 Å². The number of aromatic nitrogens is 3. The molecule has 2 amide bonds. The number of anilines is 4. The minimum atomic E-state index is -0.664. The SMILES string of the molecule is CC(C)N1CCOc2c(F)cc(-c3nc(Nc4ccc(N5CCN(C(=O)N(C)C)CC5)cn4)ncc3F)cc21. The van der Waals surface area contributed by atoms with Gasteiger partial charge in [-0.25, -0.2) is 28.5 Å². The number of piperazine rings is 1. The average molecular weight is 539 g/mol. The van der Waals surface area contributed by atoms with Gasteiger partial charge in [0.2, 0.25) is 5.95 Å². The minimum Gasteiger partial charge on any atom is -0.486 e. The fourth-order valence-electron chi connectivity index (χ4n) is 4.80. The highest BCUT2D eigenvalue weighted by Crippen LogP contribution is 2.39. The van der Waals surface area contributed by atoms with Gasteiger partial charge in [-0.2, -0.15) is 0 Å². The second kappa shape index (κ2) is 10.9. The topological polar surface area (TPSA) is 90.0 Å². The van der Waals surface area contributed by atoms with Crippen molar-refractivity contribution in [2.24, 2.45) is 0 Å². The highest BCUT2D eigenvalue weighted by atomic mass is 19.1. The van der Waals surface area contributed by atoms with Gasteiger partial charge in [0.15, 0.2) is 17.4 Å². The van der Waals surface area contributed by atoms with Crippen molar-refractivity contribution < 1.29 is 18.3 Å². The van der Waals surface area contributed by atoms with Crippen molar-refractivity contribution >= 4 is 29.2 Å². The highest BCUT2D eigenvalue weighted by molar-refractivity contribution is 5.74. The first-order valence-corrected chi connectivity index (χ1v) is 12.9. The predicted molar refractivity (Wildman–Crippen MR) is 146 cm³/mol. The molecule has 0 spiro atoms. The summed E-state index contributed by atoms with van der Waals surface area (Å²) in [6.45, 7) is 7.69. The Kier molecular flexibility index (Phi) is 7.36. The van der Waals surface area contributed by atoms with Crippen LogP contribution in [0.5, 0.6) is 5.75 Å². The molecule has 0 atom stereocenters. The first-order chi connectivity index (χ1) is 18.7. The van der Waals surface area contributed by atoms with Crippen LogP contribution in [-0.2, 0) is 0 Å². The lowest BCUT2D eigenvalue weighted by atomic mass is 10.1. The number of carbonyl (C=O) groups is 1. The number of rotatable bonds is 5. The van der Waals surface area contributed by atoms with Crippen molar-refractivity contribution in [1.29, 1.82) is 0 Å².